The fraction of sp³-hybridized carbons (Fsp3) is 0.143. The fourth-order valence-corrected chi connectivity index (χ4v) is 1.86. The molecule has 0 atom stereocenters. The third-order valence-electron chi connectivity index (χ3n) is 2.69. The van der Waals surface area contributed by atoms with Crippen LogP contribution in [0.15, 0.2) is 36.4 Å². The zero-order valence-electron chi connectivity index (χ0n) is 10.3. The monoisotopic (exact) mass is 262 g/mol. The first kappa shape index (κ1) is 12.6. The third-order valence-corrected chi connectivity index (χ3v) is 3.02. The summed E-state index contributed by atoms with van der Waals surface area (Å²) in [6.07, 6.45) is 0. The molecule has 0 aliphatic heterocycles. The molecule has 0 saturated heterocycles. The van der Waals surface area contributed by atoms with Crippen molar-refractivity contribution in [1.82, 2.24) is 0 Å². The summed E-state index contributed by atoms with van der Waals surface area (Å²) in [5, 5.41) is 3.84. The van der Waals surface area contributed by atoms with E-state index < -0.39 is 0 Å². The third kappa shape index (κ3) is 2.68. The summed E-state index contributed by atoms with van der Waals surface area (Å²) in [5.74, 6) is 0.805. The summed E-state index contributed by atoms with van der Waals surface area (Å²) in [7, 11) is 1.64. The molecule has 0 bridgehead atoms. The number of anilines is 3. The minimum absolute atomic E-state index is 0.547. The summed E-state index contributed by atoms with van der Waals surface area (Å²) in [6, 6.07) is 11.4. The van der Waals surface area contributed by atoms with Crippen LogP contribution in [0.1, 0.15) is 5.56 Å². The molecule has 0 fully saturated rings. The predicted octanol–water partition coefficient (Wildman–Crippen LogP) is 3.98. The molecule has 0 saturated carbocycles. The van der Waals surface area contributed by atoms with Crippen LogP contribution in [0.4, 0.5) is 17.1 Å². The predicted molar refractivity (Wildman–Crippen MR) is 76.9 cm³/mol. The zero-order valence-corrected chi connectivity index (χ0v) is 11.1. The van der Waals surface area contributed by atoms with Crippen molar-refractivity contribution in [2.24, 2.45) is 0 Å². The van der Waals surface area contributed by atoms with Crippen LogP contribution in [-0.2, 0) is 0 Å². The molecule has 2 aromatic rings. The molecule has 0 heterocycles. The number of hydrogen-bond acceptors (Lipinski definition) is 3. The Bertz CT molecular complexity index is 570. The first-order valence-corrected chi connectivity index (χ1v) is 5.94. The van der Waals surface area contributed by atoms with Gasteiger partial charge in [-0.15, -0.1) is 0 Å². The molecule has 0 aliphatic rings. The van der Waals surface area contributed by atoms with Crippen LogP contribution in [-0.4, -0.2) is 7.11 Å². The molecule has 4 heteroatoms. The second-order valence-electron chi connectivity index (χ2n) is 4.05. The maximum atomic E-state index is 6.02. The van der Waals surface area contributed by atoms with Gasteiger partial charge in [-0.25, -0.2) is 0 Å². The minimum Gasteiger partial charge on any atom is -0.497 e. The van der Waals surface area contributed by atoms with Crippen molar-refractivity contribution in [2.45, 2.75) is 6.92 Å². The number of halogens is 1. The molecule has 3 nitrogen and oxygen atoms in total. The van der Waals surface area contributed by atoms with Gasteiger partial charge in [0, 0.05) is 17.4 Å². The van der Waals surface area contributed by atoms with E-state index in [-0.39, 0.29) is 0 Å². The van der Waals surface area contributed by atoms with Gasteiger partial charge in [0.15, 0.2) is 0 Å². The lowest BCUT2D eigenvalue weighted by Gasteiger charge is -2.12. The Morgan fingerprint density at radius 2 is 2.00 bits per heavy atom. The van der Waals surface area contributed by atoms with Crippen LogP contribution < -0.4 is 15.8 Å². The van der Waals surface area contributed by atoms with Crippen LogP contribution in [0.25, 0.3) is 0 Å². The lowest BCUT2D eigenvalue weighted by atomic mass is 10.1. The molecule has 0 unspecified atom stereocenters. The summed E-state index contributed by atoms with van der Waals surface area (Å²) >= 11 is 6.02. The number of nitrogens with one attached hydrogen (secondary N) is 1. The van der Waals surface area contributed by atoms with Gasteiger partial charge >= 0.3 is 0 Å². The molecule has 0 radical (unpaired) electrons. The van der Waals surface area contributed by atoms with Gasteiger partial charge in [-0.1, -0.05) is 17.7 Å². The summed E-state index contributed by atoms with van der Waals surface area (Å²) in [5.41, 5.74) is 9.25. The van der Waals surface area contributed by atoms with Crippen molar-refractivity contribution in [3.63, 3.8) is 0 Å². The van der Waals surface area contributed by atoms with Gasteiger partial charge in [-0.3, -0.25) is 0 Å². The Kier molecular flexibility index (Phi) is 3.63. The molecule has 3 N–H and O–H groups in total. The smallest absolute Gasteiger partial charge is 0.120 e. The Labute approximate surface area is 112 Å². The van der Waals surface area contributed by atoms with E-state index in [1.165, 1.54) is 0 Å². The normalized spacial score (nSPS) is 10.2. The number of benzene rings is 2. The molecule has 0 amide bonds. The highest BCUT2D eigenvalue weighted by Gasteiger charge is 2.04. The number of nitrogen functional groups attached to an aromatic ring is 1. The zero-order chi connectivity index (χ0) is 13.1. The number of hydrogen-bond donors (Lipinski definition) is 2. The highest BCUT2D eigenvalue weighted by molar-refractivity contribution is 6.33. The summed E-state index contributed by atoms with van der Waals surface area (Å²) in [6.45, 7) is 1.98. The SMILES string of the molecule is COc1cccc(Nc2cc(Cl)c(N)cc2C)c1. The molecular weight excluding hydrogens is 248 g/mol. The van der Waals surface area contributed by atoms with Crippen LogP contribution in [0.3, 0.4) is 0 Å². The van der Waals surface area contributed by atoms with Gasteiger partial charge in [0.25, 0.3) is 0 Å². The highest BCUT2D eigenvalue weighted by Crippen LogP contribution is 2.29. The average molecular weight is 263 g/mol. The molecule has 18 heavy (non-hydrogen) atoms. The maximum Gasteiger partial charge on any atom is 0.120 e. The van der Waals surface area contributed by atoms with Gasteiger partial charge in [0.05, 0.1) is 17.8 Å². The molecule has 0 aliphatic carbocycles. The Balaban J connectivity index is 2.30. The van der Waals surface area contributed by atoms with Crippen LogP contribution >= 0.6 is 11.6 Å². The van der Waals surface area contributed by atoms with E-state index in [4.69, 9.17) is 22.1 Å². The van der Waals surface area contributed by atoms with Crippen molar-refractivity contribution in [1.29, 1.82) is 0 Å². The second-order valence-corrected chi connectivity index (χ2v) is 4.45. The largest absolute Gasteiger partial charge is 0.497 e. The molecule has 94 valence electrons. The van der Waals surface area contributed by atoms with Crippen molar-refractivity contribution < 1.29 is 4.74 Å². The van der Waals surface area contributed by atoms with Gasteiger partial charge in [-0.05, 0) is 36.8 Å². The van der Waals surface area contributed by atoms with E-state index >= 15 is 0 Å². The second kappa shape index (κ2) is 5.19. The first-order chi connectivity index (χ1) is 8.60. The number of ether oxygens (including phenoxy) is 1. The van der Waals surface area contributed by atoms with Crippen molar-refractivity contribution in [3.8, 4) is 5.75 Å². The first-order valence-electron chi connectivity index (χ1n) is 5.57. The van der Waals surface area contributed by atoms with E-state index in [2.05, 4.69) is 5.32 Å². The molecule has 2 aromatic carbocycles. The van der Waals surface area contributed by atoms with Crippen LogP contribution in [0.5, 0.6) is 5.75 Å². The minimum atomic E-state index is 0.547. The summed E-state index contributed by atoms with van der Waals surface area (Å²) < 4.78 is 5.18. The Hall–Kier alpha value is -1.87. The number of nitrogens with two attached hydrogens (primary N) is 1. The number of methoxy groups -OCH3 is 1. The van der Waals surface area contributed by atoms with E-state index in [1.807, 2.05) is 43.3 Å². The van der Waals surface area contributed by atoms with Crippen molar-refractivity contribution in [3.05, 3.63) is 47.0 Å². The van der Waals surface area contributed by atoms with Gasteiger partial charge in [0.1, 0.15) is 5.75 Å². The number of rotatable bonds is 3. The van der Waals surface area contributed by atoms with Crippen LogP contribution in [0.2, 0.25) is 5.02 Å². The Morgan fingerprint density at radius 3 is 2.72 bits per heavy atom. The number of aryl methyl sites for hydroxylation is 1. The maximum absolute atomic E-state index is 6.02. The highest BCUT2D eigenvalue weighted by atomic mass is 35.5. The quantitative estimate of drug-likeness (QED) is 0.823. The lowest BCUT2D eigenvalue weighted by molar-refractivity contribution is 0.415. The standard InChI is InChI=1S/C14H15ClN2O/c1-9-6-13(16)12(15)8-14(9)17-10-4-3-5-11(7-10)18-2/h3-8,17H,16H2,1-2H3. The lowest BCUT2D eigenvalue weighted by Crippen LogP contribution is -1.96. The van der Waals surface area contributed by atoms with E-state index in [9.17, 15) is 0 Å². The molecule has 0 spiro atoms. The van der Waals surface area contributed by atoms with Gasteiger partial charge in [0.2, 0.25) is 0 Å². The topological polar surface area (TPSA) is 47.3 Å². The average Bonchev–Trinajstić information content (AvgIpc) is 2.36. The van der Waals surface area contributed by atoms with E-state index in [1.54, 1.807) is 7.11 Å². The van der Waals surface area contributed by atoms with Gasteiger partial charge in [-0.2, -0.15) is 0 Å². The van der Waals surface area contributed by atoms with Crippen LogP contribution in [0, 0.1) is 6.92 Å². The summed E-state index contributed by atoms with van der Waals surface area (Å²) in [4.78, 5) is 0. The van der Waals surface area contributed by atoms with Crippen molar-refractivity contribution in [2.75, 3.05) is 18.2 Å². The molecule has 0 aromatic heterocycles. The fourth-order valence-electron chi connectivity index (χ4n) is 1.69. The van der Waals surface area contributed by atoms with Gasteiger partial charge < -0.3 is 15.8 Å². The van der Waals surface area contributed by atoms with E-state index in [0.29, 0.717) is 10.7 Å². The molecule has 2 rings (SSSR count). The van der Waals surface area contributed by atoms with Crippen molar-refractivity contribution >= 4 is 28.7 Å². The van der Waals surface area contributed by atoms with E-state index in [0.717, 1.165) is 22.7 Å². The molecular formula is C14H15ClN2O. The Morgan fingerprint density at radius 1 is 1.22 bits per heavy atom.